The van der Waals surface area contributed by atoms with Crippen LogP contribution in [-0.4, -0.2) is 33.4 Å². The molecule has 3 N–H and O–H groups in total. The Hall–Kier alpha value is -2.90. The number of benzene rings is 2. The van der Waals surface area contributed by atoms with Crippen molar-refractivity contribution in [2.75, 3.05) is 18.4 Å². The summed E-state index contributed by atoms with van der Waals surface area (Å²) >= 11 is 6.16. The Bertz CT molecular complexity index is 1090. The van der Waals surface area contributed by atoms with Crippen LogP contribution in [0.25, 0.3) is 11.3 Å². The fourth-order valence-corrected chi connectivity index (χ4v) is 4.11. The number of carbonyl (C=O) groups excluding carboxylic acids is 1. The lowest BCUT2D eigenvalue weighted by Crippen LogP contribution is -2.53. The van der Waals surface area contributed by atoms with Crippen LogP contribution in [-0.2, 0) is 16.9 Å². The van der Waals surface area contributed by atoms with Gasteiger partial charge in [0.15, 0.2) is 0 Å². The maximum atomic E-state index is 13.5. The summed E-state index contributed by atoms with van der Waals surface area (Å²) in [5, 5.41) is 4.04. The van der Waals surface area contributed by atoms with Crippen LogP contribution in [0.5, 0.6) is 0 Å². The highest BCUT2D eigenvalue weighted by atomic mass is 35.5. The molecule has 1 amide bonds. The zero-order chi connectivity index (χ0) is 21.5. The number of amides is 1. The molecule has 4 rings (SSSR count). The van der Waals surface area contributed by atoms with Gasteiger partial charge in [0.2, 0.25) is 5.91 Å². The molecule has 2 heterocycles. The minimum Gasteiger partial charge on any atom is -0.340 e. The third-order valence-electron chi connectivity index (χ3n) is 5.42. The second kappa shape index (κ2) is 7.74. The number of anilines is 2. The van der Waals surface area contributed by atoms with Gasteiger partial charge in [-0.25, -0.2) is 9.37 Å². The zero-order valence-corrected chi connectivity index (χ0v) is 17.6. The number of carbonyl (C=O) groups is 1. The first-order valence-corrected chi connectivity index (χ1v) is 10.1. The Kier molecular flexibility index (Phi) is 5.26. The lowest BCUT2D eigenvalue weighted by molar-refractivity contribution is -0.137. The molecule has 1 aliphatic heterocycles. The van der Waals surface area contributed by atoms with Crippen LogP contribution in [0.3, 0.4) is 0 Å². The largest absolute Gasteiger partial charge is 0.340 e. The molecule has 1 aromatic heterocycles. The first-order valence-electron chi connectivity index (χ1n) is 9.71. The Balaban J connectivity index is 1.86. The monoisotopic (exact) mass is 427 g/mol. The lowest BCUT2D eigenvalue weighted by atomic mass is 9.99. The van der Waals surface area contributed by atoms with E-state index in [1.807, 2.05) is 32.0 Å². The SMILES string of the molecule is CC1(C)c2nc(-c3ccc(F)cc3)c(Nc3cccc(Cl)c3)n2CCN1C(=O)CN. The predicted molar refractivity (Wildman–Crippen MR) is 116 cm³/mol. The van der Waals surface area contributed by atoms with Crippen LogP contribution in [0.15, 0.2) is 48.5 Å². The van der Waals surface area contributed by atoms with E-state index in [-0.39, 0.29) is 18.3 Å². The smallest absolute Gasteiger partial charge is 0.237 e. The number of imidazole rings is 1. The molecule has 2 aromatic carbocycles. The summed E-state index contributed by atoms with van der Waals surface area (Å²) in [6, 6.07) is 13.6. The minimum atomic E-state index is -0.655. The molecule has 30 heavy (non-hydrogen) atoms. The van der Waals surface area contributed by atoms with Gasteiger partial charge in [0.1, 0.15) is 23.2 Å². The van der Waals surface area contributed by atoms with Crippen molar-refractivity contribution in [3.05, 3.63) is 65.2 Å². The summed E-state index contributed by atoms with van der Waals surface area (Å²) in [7, 11) is 0. The molecule has 0 fully saturated rings. The molecule has 0 atom stereocenters. The Morgan fingerprint density at radius 1 is 1.23 bits per heavy atom. The molecular formula is C22H23ClFN5O. The number of hydrogen-bond acceptors (Lipinski definition) is 4. The van der Waals surface area contributed by atoms with Crippen molar-refractivity contribution >= 4 is 29.0 Å². The molecule has 0 aliphatic carbocycles. The van der Waals surface area contributed by atoms with E-state index in [0.717, 1.165) is 22.9 Å². The second-order valence-corrected chi connectivity index (χ2v) is 8.17. The number of fused-ring (bicyclic) bond motifs is 1. The zero-order valence-electron chi connectivity index (χ0n) is 16.8. The summed E-state index contributed by atoms with van der Waals surface area (Å²) in [6.07, 6.45) is 0. The first kappa shape index (κ1) is 20.4. The van der Waals surface area contributed by atoms with Gasteiger partial charge < -0.3 is 20.5 Å². The van der Waals surface area contributed by atoms with Gasteiger partial charge in [-0.05, 0) is 56.3 Å². The van der Waals surface area contributed by atoms with Crippen molar-refractivity contribution in [1.29, 1.82) is 0 Å². The van der Waals surface area contributed by atoms with Crippen molar-refractivity contribution in [2.24, 2.45) is 5.73 Å². The molecule has 0 saturated heterocycles. The summed E-state index contributed by atoms with van der Waals surface area (Å²) in [6.45, 7) is 4.93. The van der Waals surface area contributed by atoms with Crippen molar-refractivity contribution in [3.8, 4) is 11.3 Å². The summed E-state index contributed by atoms with van der Waals surface area (Å²) < 4.78 is 15.6. The highest BCUT2D eigenvalue weighted by molar-refractivity contribution is 6.30. The Morgan fingerprint density at radius 2 is 1.97 bits per heavy atom. The third kappa shape index (κ3) is 3.55. The van der Waals surface area contributed by atoms with Crippen LogP contribution in [0.4, 0.5) is 15.9 Å². The first-order chi connectivity index (χ1) is 14.3. The van der Waals surface area contributed by atoms with Gasteiger partial charge in [-0.3, -0.25) is 4.79 Å². The molecule has 8 heteroatoms. The molecule has 0 spiro atoms. The molecule has 0 unspecified atom stereocenters. The highest BCUT2D eigenvalue weighted by Gasteiger charge is 2.41. The van der Waals surface area contributed by atoms with Crippen LogP contribution in [0.2, 0.25) is 5.02 Å². The molecule has 0 radical (unpaired) electrons. The Labute approximate surface area is 179 Å². The lowest BCUT2D eigenvalue weighted by Gasteiger charge is -2.42. The molecule has 0 saturated carbocycles. The normalized spacial score (nSPS) is 15.0. The van der Waals surface area contributed by atoms with E-state index in [4.69, 9.17) is 22.3 Å². The molecular weight excluding hydrogens is 405 g/mol. The standard InChI is InChI=1S/C22H23ClFN5O/c1-22(2)21-27-19(14-6-8-16(24)9-7-14)20(26-17-5-3-4-15(23)12-17)28(21)10-11-29(22)18(30)13-25/h3-9,12,26H,10-11,13,25H2,1-2H3. The van der Waals surface area contributed by atoms with E-state index in [0.29, 0.717) is 23.8 Å². The fourth-order valence-electron chi connectivity index (χ4n) is 3.92. The maximum Gasteiger partial charge on any atom is 0.237 e. The quantitative estimate of drug-likeness (QED) is 0.656. The summed E-state index contributed by atoms with van der Waals surface area (Å²) in [4.78, 5) is 19.1. The fraction of sp³-hybridized carbons (Fsp3) is 0.273. The van der Waals surface area contributed by atoms with Crippen LogP contribution >= 0.6 is 11.6 Å². The van der Waals surface area contributed by atoms with Crippen LogP contribution in [0, 0.1) is 5.82 Å². The number of nitrogens with zero attached hydrogens (tertiary/aromatic N) is 3. The van der Waals surface area contributed by atoms with Gasteiger partial charge in [-0.15, -0.1) is 0 Å². The van der Waals surface area contributed by atoms with E-state index in [9.17, 15) is 9.18 Å². The number of nitrogens with one attached hydrogen (secondary N) is 1. The second-order valence-electron chi connectivity index (χ2n) is 7.74. The van der Waals surface area contributed by atoms with E-state index in [1.54, 1.807) is 23.1 Å². The average molecular weight is 428 g/mol. The average Bonchev–Trinajstić information content (AvgIpc) is 3.08. The minimum absolute atomic E-state index is 0.0530. The maximum absolute atomic E-state index is 13.5. The number of rotatable bonds is 4. The van der Waals surface area contributed by atoms with E-state index < -0.39 is 5.54 Å². The van der Waals surface area contributed by atoms with Gasteiger partial charge in [-0.1, -0.05) is 17.7 Å². The third-order valence-corrected chi connectivity index (χ3v) is 5.65. The number of hydrogen-bond donors (Lipinski definition) is 2. The van der Waals surface area contributed by atoms with Crippen molar-refractivity contribution in [3.63, 3.8) is 0 Å². The van der Waals surface area contributed by atoms with Crippen LogP contribution < -0.4 is 11.1 Å². The molecule has 1 aliphatic rings. The molecule has 0 bridgehead atoms. The van der Waals surface area contributed by atoms with Crippen LogP contribution in [0.1, 0.15) is 19.7 Å². The topological polar surface area (TPSA) is 76.2 Å². The number of nitrogens with two attached hydrogens (primary N) is 1. The molecule has 156 valence electrons. The van der Waals surface area contributed by atoms with Gasteiger partial charge in [-0.2, -0.15) is 0 Å². The van der Waals surface area contributed by atoms with Gasteiger partial charge in [0.25, 0.3) is 0 Å². The Morgan fingerprint density at radius 3 is 2.63 bits per heavy atom. The summed E-state index contributed by atoms with van der Waals surface area (Å²) in [5.74, 6) is 1.07. The van der Waals surface area contributed by atoms with Gasteiger partial charge in [0.05, 0.1) is 12.1 Å². The number of halogens is 2. The predicted octanol–water partition coefficient (Wildman–Crippen LogP) is 4.12. The molecule has 3 aromatic rings. The highest BCUT2D eigenvalue weighted by Crippen LogP contribution is 2.39. The van der Waals surface area contributed by atoms with E-state index in [1.165, 1.54) is 12.1 Å². The van der Waals surface area contributed by atoms with Crippen molar-refractivity contribution in [2.45, 2.75) is 25.9 Å². The van der Waals surface area contributed by atoms with Crippen molar-refractivity contribution in [1.82, 2.24) is 14.5 Å². The van der Waals surface area contributed by atoms with E-state index >= 15 is 0 Å². The summed E-state index contributed by atoms with van der Waals surface area (Å²) in [5.41, 5.74) is 7.23. The van der Waals surface area contributed by atoms with E-state index in [2.05, 4.69) is 9.88 Å². The van der Waals surface area contributed by atoms with Gasteiger partial charge in [0, 0.05) is 29.4 Å². The number of aromatic nitrogens is 2. The molecule has 6 nitrogen and oxygen atoms in total. The van der Waals surface area contributed by atoms with Gasteiger partial charge >= 0.3 is 0 Å². The van der Waals surface area contributed by atoms with Crippen molar-refractivity contribution < 1.29 is 9.18 Å².